The summed E-state index contributed by atoms with van der Waals surface area (Å²) in [4.78, 5) is 17.3. The molecule has 0 unspecified atom stereocenters. The first-order chi connectivity index (χ1) is 17.2. The fourth-order valence-corrected chi connectivity index (χ4v) is 4.77. The largest absolute Gasteiger partial charge is 0.493 e. The van der Waals surface area contributed by atoms with Crippen LogP contribution in [-0.2, 0) is 4.79 Å². The Balaban J connectivity index is 1.20. The van der Waals surface area contributed by atoms with Gasteiger partial charge in [0.15, 0.2) is 17.6 Å². The lowest BCUT2D eigenvalue weighted by atomic mass is 10.1. The number of hydrogen-bond donors (Lipinski definition) is 0. The molecule has 35 heavy (non-hydrogen) atoms. The van der Waals surface area contributed by atoms with Gasteiger partial charge in [-0.2, -0.15) is 0 Å². The smallest absolute Gasteiger partial charge is 0.268 e. The number of methoxy groups -OCH3 is 1. The van der Waals surface area contributed by atoms with Crippen LogP contribution in [0.2, 0.25) is 0 Å². The molecular weight excluding hydrogens is 440 g/mol. The van der Waals surface area contributed by atoms with E-state index >= 15 is 0 Å². The number of nitrogens with zero attached hydrogens (tertiary/aromatic N) is 2. The van der Waals surface area contributed by atoms with E-state index in [1.807, 2.05) is 60.7 Å². The van der Waals surface area contributed by atoms with Crippen molar-refractivity contribution in [1.29, 1.82) is 0 Å². The quantitative estimate of drug-likeness (QED) is 0.438. The van der Waals surface area contributed by atoms with Gasteiger partial charge in [0.1, 0.15) is 12.4 Å². The van der Waals surface area contributed by atoms with Crippen LogP contribution < -0.4 is 19.1 Å². The molecule has 0 N–H and O–H groups in total. The summed E-state index contributed by atoms with van der Waals surface area (Å²) in [5, 5.41) is 0. The molecule has 0 bridgehead atoms. The Bertz CT molecular complexity index is 1130. The van der Waals surface area contributed by atoms with Gasteiger partial charge in [-0.1, -0.05) is 42.5 Å². The average Bonchev–Trinajstić information content (AvgIpc) is 3.55. The molecule has 182 valence electrons. The summed E-state index contributed by atoms with van der Waals surface area (Å²) in [6.45, 7) is 4.44. The minimum atomic E-state index is -0.500. The molecule has 6 heteroatoms. The summed E-state index contributed by atoms with van der Waals surface area (Å²) < 4.78 is 17.6. The predicted molar refractivity (Wildman–Crippen MR) is 137 cm³/mol. The summed E-state index contributed by atoms with van der Waals surface area (Å²) in [6, 6.07) is 23.8. The van der Waals surface area contributed by atoms with Crippen molar-refractivity contribution in [3.8, 4) is 28.4 Å². The van der Waals surface area contributed by atoms with Crippen molar-refractivity contribution in [3.05, 3.63) is 72.8 Å². The molecule has 0 spiro atoms. The normalized spacial score (nSPS) is 18.1. The number of likely N-dealkylation sites (tertiary alicyclic amines) is 1. The standard InChI is InChI=1S/C29H32N2O4/c1-33-28-21-24(11-14-26(28)34-20-19-30-16-5-6-17-30)31-18-15-27(29(31)32)35-25-12-9-23(10-13-25)22-7-3-2-4-8-22/h2-4,7-14,21,27H,5-6,15-20H2,1H3/t27-/m1/s1. The zero-order chi connectivity index (χ0) is 24.0. The Kier molecular flexibility index (Phi) is 7.19. The number of hydrogen-bond acceptors (Lipinski definition) is 5. The molecule has 0 saturated carbocycles. The van der Waals surface area contributed by atoms with Crippen LogP contribution in [0.25, 0.3) is 11.1 Å². The van der Waals surface area contributed by atoms with E-state index in [0.29, 0.717) is 36.8 Å². The first kappa shape index (κ1) is 23.2. The first-order valence-corrected chi connectivity index (χ1v) is 12.4. The lowest BCUT2D eigenvalue weighted by Crippen LogP contribution is -2.32. The van der Waals surface area contributed by atoms with Crippen molar-refractivity contribution in [2.75, 3.05) is 44.8 Å². The lowest BCUT2D eigenvalue weighted by Gasteiger charge is -2.20. The zero-order valence-electron chi connectivity index (χ0n) is 20.2. The lowest BCUT2D eigenvalue weighted by molar-refractivity contribution is -0.122. The number of carbonyl (C=O) groups is 1. The Labute approximate surface area is 207 Å². The molecule has 1 amide bonds. The first-order valence-electron chi connectivity index (χ1n) is 12.4. The van der Waals surface area contributed by atoms with E-state index in [1.54, 1.807) is 12.0 Å². The molecule has 1 atom stereocenters. The average molecular weight is 473 g/mol. The van der Waals surface area contributed by atoms with E-state index in [1.165, 1.54) is 12.8 Å². The zero-order valence-corrected chi connectivity index (χ0v) is 20.2. The summed E-state index contributed by atoms with van der Waals surface area (Å²) in [6.07, 6.45) is 2.67. The SMILES string of the molecule is COc1cc(N2CC[C@@H](Oc3ccc(-c4ccccc4)cc3)C2=O)ccc1OCCN1CCCC1. The second-order valence-electron chi connectivity index (χ2n) is 9.01. The maximum absolute atomic E-state index is 13.1. The maximum Gasteiger partial charge on any atom is 0.268 e. The van der Waals surface area contributed by atoms with Crippen LogP contribution in [0, 0.1) is 0 Å². The molecule has 2 heterocycles. The molecule has 2 aliphatic rings. The highest BCUT2D eigenvalue weighted by atomic mass is 16.5. The van der Waals surface area contributed by atoms with Gasteiger partial charge in [-0.15, -0.1) is 0 Å². The van der Waals surface area contributed by atoms with Gasteiger partial charge >= 0.3 is 0 Å². The van der Waals surface area contributed by atoms with Crippen LogP contribution in [0.1, 0.15) is 19.3 Å². The summed E-state index contributed by atoms with van der Waals surface area (Å²) in [7, 11) is 1.63. The molecule has 2 aliphatic heterocycles. The van der Waals surface area contributed by atoms with Gasteiger partial charge in [0.25, 0.3) is 5.91 Å². The fraction of sp³-hybridized carbons (Fsp3) is 0.345. The van der Waals surface area contributed by atoms with Gasteiger partial charge in [0.05, 0.1) is 7.11 Å². The topological polar surface area (TPSA) is 51.2 Å². The van der Waals surface area contributed by atoms with Crippen LogP contribution >= 0.6 is 0 Å². The summed E-state index contributed by atoms with van der Waals surface area (Å²) in [5.74, 6) is 2.00. The maximum atomic E-state index is 13.1. The van der Waals surface area contributed by atoms with Gasteiger partial charge in [0, 0.05) is 31.3 Å². The van der Waals surface area contributed by atoms with Crippen LogP contribution in [-0.4, -0.2) is 56.8 Å². The van der Waals surface area contributed by atoms with Crippen LogP contribution in [0.15, 0.2) is 72.8 Å². The highest BCUT2D eigenvalue weighted by molar-refractivity contribution is 5.99. The number of amides is 1. The van der Waals surface area contributed by atoms with Gasteiger partial charge < -0.3 is 19.1 Å². The summed E-state index contributed by atoms with van der Waals surface area (Å²) in [5.41, 5.74) is 3.07. The molecule has 0 aliphatic carbocycles. The number of ether oxygens (including phenoxy) is 3. The molecule has 3 aromatic carbocycles. The Hall–Kier alpha value is -3.51. The van der Waals surface area contributed by atoms with Crippen molar-refractivity contribution in [1.82, 2.24) is 4.90 Å². The third-order valence-corrected chi connectivity index (χ3v) is 6.72. The third-order valence-electron chi connectivity index (χ3n) is 6.72. The Morgan fingerprint density at radius 2 is 1.60 bits per heavy atom. The van der Waals surface area contributed by atoms with Crippen molar-refractivity contribution in [2.45, 2.75) is 25.4 Å². The molecule has 2 fully saturated rings. The molecule has 0 aromatic heterocycles. The fourth-order valence-electron chi connectivity index (χ4n) is 4.77. The number of anilines is 1. The molecular formula is C29H32N2O4. The van der Waals surface area contributed by atoms with E-state index in [9.17, 15) is 4.79 Å². The number of carbonyl (C=O) groups excluding carboxylic acids is 1. The minimum Gasteiger partial charge on any atom is -0.493 e. The van der Waals surface area contributed by atoms with E-state index < -0.39 is 6.10 Å². The minimum absolute atomic E-state index is 0.0399. The Morgan fingerprint density at radius 3 is 2.34 bits per heavy atom. The van der Waals surface area contributed by atoms with E-state index in [-0.39, 0.29) is 5.91 Å². The van der Waals surface area contributed by atoms with Crippen molar-refractivity contribution < 1.29 is 19.0 Å². The van der Waals surface area contributed by atoms with E-state index in [2.05, 4.69) is 17.0 Å². The second-order valence-corrected chi connectivity index (χ2v) is 9.01. The van der Waals surface area contributed by atoms with Crippen molar-refractivity contribution in [2.24, 2.45) is 0 Å². The van der Waals surface area contributed by atoms with Crippen molar-refractivity contribution >= 4 is 11.6 Å². The summed E-state index contributed by atoms with van der Waals surface area (Å²) >= 11 is 0. The van der Waals surface area contributed by atoms with Crippen LogP contribution in [0.5, 0.6) is 17.2 Å². The third kappa shape index (κ3) is 5.43. The second kappa shape index (κ2) is 10.8. The van der Waals surface area contributed by atoms with Gasteiger partial charge in [0.2, 0.25) is 0 Å². The van der Waals surface area contributed by atoms with Crippen molar-refractivity contribution in [3.63, 3.8) is 0 Å². The van der Waals surface area contributed by atoms with Gasteiger partial charge in [-0.05, 0) is 61.3 Å². The van der Waals surface area contributed by atoms with Gasteiger partial charge in [-0.25, -0.2) is 0 Å². The Morgan fingerprint density at radius 1 is 0.857 bits per heavy atom. The van der Waals surface area contributed by atoms with E-state index in [4.69, 9.17) is 14.2 Å². The molecule has 0 radical (unpaired) electrons. The predicted octanol–water partition coefficient (Wildman–Crippen LogP) is 5.02. The molecule has 6 nitrogen and oxygen atoms in total. The molecule has 2 saturated heterocycles. The highest BCUT2D eigenvalue weighted by Gasteiger charge is 2.34. The van der Waals surface area contributed by atoms with E-state index in [0.717, 1.165) is 36.4 Å². The van der Waals surface area contributed by atoms with Crippen LogP contribution in [0.3, 0.4) is 0 Å². The molecule has 3 aromatic rings. The highest BCUT2D eigenvalue weighted by Crippen LogP contribution is 2.34. The number of benzene rings is 3. The monoisotopic (exact) mass is 472 g/mol. The van der Waals surface area contributed by atoms with Crippen LogP contribution in [0.4, 0.5) is 5.69 Å². The number of rotatable bonds is 9. The van der Waals surface area contributed by atoms with Gasteiger partial charge in [-0.3, -0.25) is 9.69 Å². The molecule has 5 rings (SSSR count).